The zero-order chi connectivity index (χ0) is 13.5. The topological polar surface area (TPSA) is 46.3 Å². The monoisotopic (exact) mass is 260 g/mol. The second-order valence-corrected chi connectivity index (χ2v) is 5.39. The summed E-state index contributed by atoms with van der Waals surface area (Å²) in [4.78, 5) is 13.9. The molecule has 0 amide bonds. The van der Waals surface area contributed by atoms with Crippen LogP contribution in [-0.2, 0) is 11.3 Å². The molecule has 1 heterocycles. The fourth-order valence-corrected chi connectivity index (χ4v) is 2.84. The summed E-state index contributed by atoms with van der Waals surface area (Å²) in [5.74, 6) is 0.185. The van der Waals surface area contributed by atoms with Gasteiger partial charge in [-0.1, -0.05) is 36.8 Å². The predicted octanol–water partition coefficient (Wildman–Crippen LogP) is 2.35. The minimum absolute atomic E-state index is 0.185. The first-order valence-electron chi connectivity index (χ1n) is 7.29. The molecule has 0 aromatic heterocycles. The Morgan fingerprint density at radius 3 is 2.79 bits per heavy atom. The van der Waals surface area contributed by atoms with Crippen molar-refractivity contribution in [3.8, 4) is 0 Å². The SMILES string of the molecule is NCC(=O)CCC1CCCCN1Cc1ccccc1. The predicted molar refractivity (Wildman–Crippen MR) is 77.8 cm³/mol. The number of carbonyl (C=O) groups excluding carboxylic acids is 1. The summed E-state index contributed by atoms with van der Waals surface area (Å²) in [5.41, 5.74) is 6.74. The molecule has 1 fully saturated rings. The largest absolute Gasteiger partial charge is 0.324 e. The van der Waals surface area contributed by atoms with Crippen molar-refractivity contribution in [2.75, 3.05) is 13.1 Å². The van der Waals surface area contributed by atoms with Crippen LogP contribution in [0.2, 0.25) is 0 Å². The van der Waals surface area contributed by atoms with Crippen molar-refractivity contribution in [3.63, 3.8) is 0 Å². The summed E-state index contributed by atoms with van der Waals surface area (Å²) in [5, 5.41) is 0. The number of ketones is 1. The Morgan fingerprint density at radius 2 is 2.05 bits per heavy atom. The first kappa shape index (κ1) is 14.2. The molecule has 0 spiro atoms. The van der Waals surface area contributed by atoms with Crippen LogP contribution in [0.15, 0.2) is 30.3 Å². The van der Waals surface area contributed by atoms with Crippen molar-refractivity contribution in [1.82, 2.24) is 4.90 Å². The maximum absolute atomic E-state index is 11.4. The Bertz CT molecular complexity index is 391. The van der Waals surface area contributed by atoms with Gasteiger partial charge in [-0.3, -0.25) is 9.69 Å². The first-order valence-corrected chi connectivity index (χ1v) is 7.29. The van der Waals surface area contributed by atoms with Gasteiger partial charge in [0, 0.05) is 19.0 Å². The van der Waals surface area contributed by atoms with Gasteiger partial charge in [0.05, 0.1) is 6.54 Å². The van der Waals surface area contributed by atoms with Crippen LogP contribution < -0.4 is 5.73 Å². The van der Waals surface area contributed by atoms with Crippen molar-refractivity contribution < 1.29 is 4.79 Å². The molecule has 0 saturated carbocycles. The van der Waals surface area contributed by atoms with Gasteiger partial charge in [0.2, 0.25) is 0 Å². The Kier molecular flexibility index (Phi) is 5.55. The maximum atomic E-state index is 11.4. The van der Waals surface area contributed by atoms with Crippen LogP contribution in [0.1, 0.15) is 37.7 Å². The Hall–Kier alpha value is -1.19. The van der Waals surface area contributed by atoms with E-state index >= 15 is 0 Å². The lowest BCUT2D eigenvalue weighted by atomic mass is 9.96. The molecule has 19 heavy (non-hydrogen) atoms. The molecule has 1 atom stereocenters. The van der Waals surface area contributed by atoms with Gasteiger partial charge in [0.1, 0.15) is 5.78 Å². The number of nitrogens with two attached hydrogens (primary N) is 1. The molecule has 104 valence electrons. The highest BCUT2D eigenvalue weighted by molar-refractivity contribution is 5.80. The number of piperidine rings is 1. The number of carbonyl (C=O) groups is 1. The Labute approximate surface area is 115 Å². The zero-order valence-electron chi connectivity index (χ0n) is 11.6. The second-order valence-electron chi connectivity index (χ2n) is 5.39. The summed E-state index contributed by atoms with van der Waals surface area (Å²) in [7, 11) is 0. The van der Waals surface area contributed by atoms with E-state index in [0.717, 1.165) is 19.5 Å². The standard InChI is InChI=1S/C16H24N2O/c17-12-16(19)10-9-15-8-4-5-11-18(15)13-14-6-2-1-3-7-14/h1-3,6-7,15H,4-5,8-13,17H2. The van der Waals surface area contributed by atoms with Crippen molar-refractivity contribution in [2.24, 2.45) is 5.73 Å². The van der Waals surface area contributed by atoms with Gasteiger partial charge in [-0.2, -0.15) is 0 Å². The highest BCUT2D eigenvalue weighted by Gasteiger charge is 2.22. The van der Waals surface area contributed by atoms with E-state index in [1.54, 1.807) is 0 Å². The lowest BCUT2D eigenvalue weighted by Gasteiger charge is -2.35. The number of Topliss-reactive ketones (excluding diaryl/α,β-unsaturated/α-hetero) is 1. The number of benzene rings is 1. The van der Waals surface area contributed by atoms with Crippen LogP contribution in [-0.4, -0.2) is 29.8 Å². The van der Waals surface area contributed by atoms with Crippen LogP contribution >= 0.6 is 0 Å². The van der Waals surface area contributed by atoms with Gasteiger partial charge in [0.25, 0.3) is 0 Å². The smallest absolute Gasteiger partial charge is 0.146 e. The molecule has 2 N–H and O–H groups in total. The van der Waals surface area contributed by atoms with E-state index in [4.69, 9.17) is 5.73 Å². The van der Waals surface area contributed by atoms with Crippen molar-refractivity contribution in [1.29, 1.82) is 0 Å². The number of nitrogens with zero attached hydrogens (tertiary/aromatic N) is 1. The fourth-order valence-electron chi connectivity index (χ4n) is 2.84. The lowest BCUT2D eigenvalue weighted by Crippen LogP contribution is -2.39. The molecule has 0 bridgehead atoms. The number of hydrogen-bond acceptors (Lipinski definition) is 3. The third-order valence-electron chi connectivity index (χ3n) is 3.96. The highest BCUT2D eigenvalue weighted by atomic mass is 16.1. The van der Waals surface area contributed by atoms with Crippen molar-refractivity contribution >= 4 is 5.78 Å². The molecule has 1 aliphatic heterocycles. The summed E-state index contributed by atoms with van der Waals surface area (Å²) < 4.78 is 0. The van der Waals surface area contributed by atoms with E-state index in [2.05, 4.69) is 35.2 Å². The molecule has 1 aliphatic rings. The van der Waals surface area contributed by atoms with Crippen LogP contribution in [0.25, 0.3) is 0 Å². The Balaban J connectivity index is 1.90. The van der Waals surface area contributed by atoms with E-state index in [0.29, 0.717) is 12.5 Å². The first-order chi connectivity index (χ1) is 9.29. The average Bonchev–Trinajstić information content (AvgIpc) is 2.47. The molecular weight excluding hydrogens is 236 g/mol. The average molecular weight is 260 g/mol. The third kappa shape index (κ3) is 4.44. The summed E-state index contributed by atoms with van der Waals surface area (Å²) in [6.07, 6.45) is 5.36. The maximum Gasteiger partial charge on any atom is 0.146 e. The van der Waals surface area contributed by atoms with Crippen LogP contribution in [0, 0.1) is 0 Å². The fraction of sp³-hybridized carbons (Fsp3) is 0.562. The highest BCUT2D eigenvalue weighted by Crippen LogP contribution is 2.23. The molecular formula is C16H24N2O. The zero-order valence-corrected chi connectivity index (χ0v) is 11.6. The summed E-state index contributed by atoms with van der Waals surface area (Å²) in [6, 6.07) is 11.1. The van der Waals surface area contributed by atoms with E-state index in [9.17, 15) is 4.79 Å². The normalized spacial score (nSPS) is 20.4. The van der Waals surface area contributed by atoms with Gasteiger partial charge in [-0.25, -0.2) is 0 Å². The lowest BCUT2D eigenvalue weighted by molar-refractivity contribution is -0.118. The number of likely N-dealkylation sites (tertiary alicyclic amines) is 1. The molecule has 0 aliphatic carbocycles. The van der Waals surface area contributed by atoms with Gasteiger partial charge < -0.3 is 5.73 Å². The van der Waals surface area contributed by atoms with Crippen LogP contribution in [0.4, 0.5) is 0 Å². The second kappa shape index (κ2) is 7.41. The molecule has 3 heteroatoms. The molecule has 1 aromatic carbocycles. The number of rotatable bonds is 6. The third-order valence-corrected chi connectivity index (χ3v) is 3.96. The minimum Gasteiger partial charge on any atom is -0.324 e. The number of hydrogen-bond donors (Lipinski definition) is 1. The van der Waals surface area contributed by atoms with E-state index in [1.807, 2.05) is 0 Å². The molecule has 1 unspecified atom stereocenters. The van der Waals surface area contributed by atoms with Gasteiger partial charge in [-0.15, -0.1) is 0 Å². The molecule has 1 aromatic rings. The molecule has 0 radical (unpaired) electrons. The van der Waals surface area contributed by atoms with Crippen LogP contribution in [0.3, 0.4) is 0 Å². The van der Waals surface area contributed by atoms with Crippen LogP contribution in [0.5, 0.6) is 0 Å². The minimum atomic E-state index is 0.185. The van der Waals surface area contributed by atoms with Gasteiger partial charge in [-0.05, 0) is 31.4 Å². The van der Waals surface area contributed by atoms with Crippen molar-refractivity contribution in [2.45, 2.75) is 44.7 Å². The summed E-state index contributed by atoms with van der Waals surface area (Å²) >= 11 is 0. The Morgan fingerprint density at radius 1 is 1.26 bits per heavy atom. The van der Waals surface area contributed by atoms with E-state index < -0.39 is 0 Å². The molecule has 2 rings (SSSR count). The molecule has 1 saturated heterocycles. The molecule has 3 nitrogen and oxygen atoms in total. The van der Waals surface area contributed by atoms with Crippen molar-refractivity contribution in [3.05, 3.63) is 35.9 Å². The van der Waals surface area contributed by atoms with E-state index in [-0.39, 0.29) is 12.3 Å². The van der Waals surface area contributed by atoms with Gasteiger partial charge in [0.15, 0.2) is 0 Å². The quantitative estimate of drug-likeness (QED) is 0.854. The van der Waals surface area contributed by atoms with Gasteiger partial charge >= 0.3 is 0 Å². The van der Waals surface area contributed by atoms with E-state index in [1.165, 1.54) is 24.8 Å². The summed E-state index contributed by atoms with van der Waals surface area (Å²) in [6.45, 7) is 2.34.